The van der Waals surface area contributed by atoms with Gasteiger partial charge in [-0.1, -0.05) is 12.1 Å². The van der Waals surface area contributed by atoms with E-state index in [1.54, 1.807) is 30.3 Å². The normalized spacial score (nSPS) is 12.2. The van der Waals surface area contributed by atoms with E-state index in [9.17, 15) is 9.65 Å². The molecule has 0 fully saturated rings. The van der Waals surface area contributed by atoms with Gasteiger partial charge in [0.1, 0.15) is 17.4 Å². The van der Waals surface area contributed by atoms with E-state index in [4.69, 9.17) is 9.47 Å². The number of para-hydroxylation sites is 1. The third-order valence-corrected chi connectivity index (χ3v) is 3.61. The zero-order valence-corrected chi connectivity index (χ0v) is 11.8. The van der Waals surface area contributed by atoms with E-state index < -0.39 is 5.82 Å². The molecule has 112 valence electrons. The minimum Gasteiger partial charge on any atom is -0.454 e. The fraction of sp³-hybridized carbons (Fsp3) is 0.0588. The summed E-state index contributed by atoms with van der Waals surface area (Å²) in [5, 5.41) is 13.0. The number of nitrogens with zero attached hydrogens (tertiary/aromatic N) is 2. The lowest BCUT2D eigenvalue weighted by molar-refractivity contribution is 0.174. The first-order valence-electron chi connectivity index (χ1n) is 6.90. The van der Waals surface area contributed by atoms with Gasteiger partial charge < -0.3 is 14.8 Å². The number of nitrogens with one attached hydrogen (secondary N) is 1. The molecule has 3 aromatic rings. The Hall–Kier alpha value is -3.33. The molecule has 1 aromatic heterocycles. The number of benzene rings is 2. The third kappa shape index (κ3) is 2.19. The van der Waals surface area contributed by atoms with Gasteiger partial charge in [0.15, 0.2) is 11.5 Å². The van der Waals surface area contributed by atoms with Crippen molar-refractivity contribution in [1.82, 2.24) is 4.98 Å². The Balaban J connectivity index is 1.85. The van der Waals surface area contributed by atoms with Crippen LogP contribution in [0, 0.1) is 17.1 Å². The van der Waals surface area contributed by atoms with Crippen LogP contribution in [0.3, 0.4) is 0 Å². The molecule has 1 N–H and O–H groups in total. The van der Waals surface area contributed by atoms with E-state index in [1.807, 2.05) is 0 Å². The maximum absolute atomic E-state index is 13.9. The summed E-state index contributed by atoms with van der Waals surface area (Å²) >= 11 is 0. The monoisotopic (exact) mass is 307 g/mol. The largest absolute Gasteiger partial charge is 0.454 e. The van der Waals surface area contributed by atoms with Crippen molar-refractivity contribution in [3.63, 3.8) is 0 Å². The van der Waals surface area contributed by atoms with Gasteiger partial charge in [0.25, 0.3) is 0 Å². The Morgan fingerprint density at radius 3 is 2.91 bits per heavy atom. The van der Waals surface area contributed by atoms with Gasteiger partial charge in [0.05, 0.1) is 11.3 Å². The zero-order chi connectivity index (χ0) is 15.8. The Kier molecular flexibility index (Phi) is 2.98. The van der Waals surface area contributed by atoms with Gasteiger partial charge in [-0.15, -0.1) is 0 Å². The summed E-state index contributed by atoms with van der Waals surface area (Å²) in [5.74, 6) is 0.862. The quantitative estimate of drug-likeness (QED) is 0.781. The molecule has 2 aromatic carbocycles. The van der Waals surface area contributed by atoms with Gasteiger partial charge in [-0.25, -0.2) is 4.39 Å². The van der Waals surface area contributed by atoms with E-state index in [1.165, 1.54) is 12.3 Å². The smallest absolute Gasteiger partial charge is 0.231 e. The first-order valence-corrected chi connectivity index (χ1v) is 6.90. The molecule has 6 heteroatoms. The van der Waals surface area contributed by atoms with Crippen molar-refractivity contribution in [3.05, 3.63) is 54.0 Å². The predicted molar refractivity (Wildman–Crippen MR) is 82.3 cm³/mol. The summed E-state index contributed by atoms with van der Waals surface area (Å²) < 4.78 is 24.5. The van der Waals surface area contributed by atoms with Gasteiger partial charge in [0, 0.05) is 23.3 Å². The van der Waals surface area contributed by atoms with Crippen LogP contribution >= 0.6 is 0 Å². The number of hydrogen-bond acceptors (Lipinski definition) is 5. The molecule has 1 aliphatic heterocycles. The van der Waals surface area contributed by atoms with Crippen molar-refractivity contribution >= 4 is 22.3 Å². The second-order valence-corrected chi connectivity index (χ2v) is 4.99. The Morgan fingerprint density at radius 1 is 1.17 bits per heavy atom. The Labute approximate surface area is 130 Å². The van der Waals surface area contributed by atoms with E-state index in [0.29, 0.717) is 33.8 Å². The van der Waals surface area contributed by atoms with Crippen molar-refractivity contribution in [2.75, 3.05) is 12.1 Å². The van der Waals surface area contributed by atoms with Crippen molar-refractivity contribution in [1.29, 1.82) is 5.26 Å². The Morgan fingerprint density at radius 2 is 2.04 bits per heavy atom. The molecule has 1 aliphatic rings. The number of anilines is 2. The minimum absolute atomic E-state index is 0.186. The summed E-state index contributed by atoms with van der Waals surface area (Å²) in [6.07, 6.45) is 1.36. The molecule has 0 spiro atoms. The fourth-order valence-corrected chi connectivity index (χ4v) is 2.53. The van der Waals surface area contributed by atoms with Crippen LogP contribution in [0.5, 0.6) is 11.5 Å². The van der Waals surface area contributed by atoms with Crippen LogP contribution < -0.4 is 14.8 Å². The van der Waals surface area contributed by atoms with Gasteiger partial charge in [-0.05, 0) is 18.2 Å². The van der Waals surface area contributed by atoms with Crippen molar-refractivity contribution < 1.29 is 13.9 Å². The second kappa shape index (κ2) is 5.14. The Bertz CT molecular complexity index is 966. The van der Waals surface area contributed by atoms with Crippen molar-refractivity contribution in [2.24, 2.45) is 0 Å². The standard InChI is InChI=1S/C17H10FN3O2/c18-13-3-1-2-12-16(10(7-19)8-20-17(12)13)21-11-4-5-14-15(6-11)23-9-22-14/h1-6,8H,9H2,(H,20,21). The minimum atomic E-state index is -0.430. The topological polar surface area (TPSA) is 67.2 Å². The summed E-state index contributed by atoms with van der Waals surface area (Å²) in [6, 6.07) is 12.1. The number of fused-ring (bicyclic) bond motifs is 2. The number of rotatable bonds is 2. The van der Waals surface area contributed by atoms with Crippen molar-refractivity contribution in [3.8, 4) is 17.6 Å². The molecule has 0 bridgehead atoms. The zero-order valence-electron chi connectivity index (χ0n) is 11.8. The molecule has 0 unspecified atom stereocenters. The SMILES string of the molecule is N#Cc1cnc2c(F)cccc2c1Nc1ccc2c(c1)OCO2. The first-order chi connectivity index (χ1) is 11.3. The van der Waals surface area contributed by atoms with Gasteiger partial charge >= 0.3 is 0 Å². The molecular weight excluding hydrogens is 297 g/mol. The lowest BCUT2D eigenvalue weighted by atomic mass is 10.1. The molecule has 0 saturated carbocycles. The molecule has 2 heterocycles. The van der Waals surface area contributed by atoms with E-state index in [2.05, 4.69) is 16.4 Å². The van der Waals surface area contributed by atoms with Crippen LogP contribution in [-0.2, 0) is 0 Å². The number of pyridine rings is 1. The van der Waals surface area contributed by atoms with Crippen LogP contribution in [0.2, 0.25) is 0 Å². The molecule has 0 amide bonds. The van der Waals surface area contributed by atoms with E-state index >= 15 is 0 Å². The molecule has 23 heavy (non-hydrogen) atoms. The lowest BCUT2D eigenvalue weighted by Gasteiger charge is -2.12. The molecule has 0 atom stereocenters. The number of aromatic nitrogens is 1. The second-order valence-electron chi connectivity index (χ2n) is 4.99. The summed E-state index contributed by atoms with van der Waals surface area (Å²) in [5.41, 5.74) is 1.77. The first kappa shape index (κ1) is 13.3. The lowest BCUT2D eigenvalue weighted by Crippen LogP contribution is -1.98. The maximum Gasteiger partial charge on any atom is 0.231 e. The van der Waals surface area contributed by atoms with Gasteiger partial charge in [-0.3, -0.25) is 4.98 Å². The summed E-state index contributed by atoms with van der Waals surface area (Å²) in [7, 11) is 0. The maximum atomic E-state index is 13.9. The highest BCUT2D eigenvalue weighted by Crippen LogP contribution is 2.36. The molecule has 5 nitrogen and oxygen atoms in total. The summed E-state index contributed by atoms with van der Waals surface area (Å²) in [6.45, 7) is 0.186. The van der Waals surface area contributed by atoms with Crippen LogP contribution in [0.1, 0.15) is 5.56 Å². The molecular formula is C17H10FN3O2. The van der Waals surface area contributed by atoms with E-state index in [0.717, 1.165) is 0 Å². The average Bonchev–Trinajstić information content (AvgIpc) is 3.03. The molecule has 0 saturated heterocycles. The molecule has 0 radical (unpaired) electrons. The number of nitriles is 1. The highest BCUT2D eigenvalue weighted by molar-refractivity contribution is 5.96. The molecule has 4 rings (SSSR count). The third-order valence-electron chi connectivity index (χ3n) is 3.61. The fourth-order valence-electron chi connectivity index (χ4n) is 2.53. The van der Waals surface area contributed by atoms with Crippen LogP contribution in [0.15, 0.2) is 42.6 Å². The van der Waals surface area contributed by atoms with Gasteiger partial charge in [0.2, 0.25) is 6.79 Å². The number of ether oxygens (including phenoxy) is 2. The van der Waals surface area contributed by atoms with Crippen LogP contribution in [0.4, 0.5) is 15.8 Å². The van der Waals surface area contributed by atoms with Gasteiger partial charge in [-0.2, -0.15) is 5.26 Å². The number of halogens is 1. The van der Waals surface area contributed by atoms with Crippen LogP contribution in [-0.4, -0.2) is 11.8 Å². The summed E-state index contributed by atoms with van der Waals surface area (Å²) in [4.78, 5) is 4.03. The van der Waals surface area contributed by atoms with Crippen LogP contribution in [0.25, 0.3) is 10.9 Å². The highest BCUT2D eigenvalue weighted by atomic mass is 19.1. The van der Waals surface area contributed by atoms with E-state index in [-0.39, 0.29) is 12.3 Å². The van der Waals surface area contributed by atoms with Crippen molar-refractivity contribution in [2.45, 2.75) is 0 Å². The number of hydrogen-bond donors (Lipinski definition) is 1. The highest BCUT2D eigenvalue weighted by Gasteiger charge is 2.15. The average molecular weight is 307 g/mol. The predicted octanol–water partition coefficient (Wildman–Crippen LogP) is 3.72. The molecule has 0 aliphatic carbocycles.